The van der Waals surface area contributed by atoms with Gasteiger partial charge < -0.3 is 9.47 Å². The molecule has 0 aliphatic carbocycles. The second kappa shape index (κ2) is 5.64. The monoisotopic (exact) mass is 346 g/mol. The maximum atomic E-state index is 13.7. The molecule has 0 radical (unpaired) electrons. The van der Waals surface area contributed by atoms with Crippen LogP contribution in [-0.2, 0) is 14.3 Å². The molecule has 0 N–H and O–H groups in total. The fraction of sp³-hybridized carbons (Fsp3) is 0.538. The van der Waals surface area contributed by atoms with Gasteiger partial charge in [0.25, 0.3) is 5.92 Å². The topological polar surface area (TPSA) is 79.1 Å². The van der Waals surface area contributed by atoms with Crippen molar-refractivity contribution in [3.05, 3.63) is 17.8 Å². The second-order valence-electron chi connectivity index (χ2n) is 5.34. The summed E-state index contributed by atoms with van der Waals surface area (Å²) in [5.41, 5.74) is 0.699. The number of halogens is 3. The zero-order valence-electron chi connectivity index (χ0n) is 12.2. The van der Waals surface area contributed by atoms with Crippen molar-refractivity contribution in [3.8, 4) is 0 Å². The van der Waals surface area contributed by atoms with Gasteiger partial charge in [-0.1, -0.05) is 11.6 Å². The molecular weight excluding hydrogens is 334 g/mol. The van der Waals surface area contributed by atoms with Gasteiger partial charge in [-0.2, -0.15) is 0 Å². The van der Waals surface area contributed by atoms with Gasteiger partial charge in [0.15, 0.2) is 16.9 Å². The molecule has 3 rings (SSSR count). The predicted molar refractivity (Wildman–Crippen MR) is 75.0 cm³/mol. The molecule has 7 nitrogen and oxygen atoms in total. The molecule has 10 heteroatoms. The first-order valence-electron chi connectivity index (χ1n) is 6.81. The summed E-state index contributed by atoms with van der Waals surface area (Å²) in [6.45, 7) is 1.89. The summed E-state index contributed by atoms with van der Waals surface area (Å²) >= 11 is 5.92. The summed E-state index contributed by atoms with van der Waals surface area (Å²) in [5.74, 6) is -3.81. The number of carbonyl (C=O) groups is 1. The van der Waals surface area contributed by atoms with Crippen LogP contribution in [0.4, 0.5) is 8.78 Å². The molecule has 3 heterocycles. The van der Waals surface area contributed by atoms with E-state index in [2.05, 4.69) is 15.0 Å². The van der Waals surface area contributed by atoms with Crippen LogP contribution in [0.15, 0.2) is 12.7 Å². The number of ether oxygens (including phenoxy) is 2. The summed E-state index contributed by atoms with van der Waals surface area (Å²) in [6.07, 6.45) is -0.727. The van der Waals surface area contributed by atoms with Crippen molar-refractivity contribution < 1.29 is 23.0 Å². The molecule has 2 aromatic rings. The van der Waals surface area contributed by atoms with Crippen LogP contribution in [0.5, 0.6) is 0 Å². The predicted octanol–water partition coefficient (Wildman–Crippen LogP) is 2.35. The Bertz CT molecular complexity index is 748. The molecule has 124 valence electrons. The van der Waals surface area contributed by atoms with Crippen molar-refractivity contribution >= 4 is 28.7 Å². The molecule has 0 spiro atoms. The lowest BCUT2D eigenvalue weighted by atomic mass is 10.1. The minimum Gasteiger partial charge on any atom is -0.459 e. The number of imidazole rings is 1. The maximum absolute atomic E-state index is 13.7. The van der Waals surface area contributed by atoms with E-state index in [1.54, 1.807) is 0 Å². The Balaban J connectivity index is 1.94. The number of hydrogen-bond acceptors (Lipinski definition) is 6. The summed E-state index contributed by atoms with van der Waals surface area (Å²) in [4.78, 5) is 23.1. The average molecular weight is 347 g/mol. The third-order valence-corrected chi connectivity index (χ3v) is 3.79. The number of rotatable bonds is 3. The van der Waals surface area contributed by atoms with Gasteiger partial charge in [0.1, 0.15) is 24.2 Å². The number of aromatic nitrogens is 4. The summed E-state index contributed by atoms with van der Waals surface area (Å²) in [5, 5.41) is 0.153. The molecule has 1 fully saturated rings. The number of nitrogens with zero attached hydrogens (tertiary/aromatic N) is 4. The van der Waals surface area contributed by atoms with Crippen LogP contribution in [0.2, 0.25) is 5.15 Å². The highest BCUT2D eigenvalue weighted by atomic mass is 35.5. The fourth-order valence-electron chi connectivity index (χ4n) is 2.62. The quantitative estimate of drug-likeness (QED) is 0.627. The standard InChI is InChI=1S/C13H13ClF2N4O3/c1-6(21)22-7-3-8(23-10(7)13(2,15)16)20-5-19-9-11(14)17-4-18-12(9)20/h4-5,7-8,10H,3H2,1-2H3/t7-,8+,10-/m0/s1. The molecule has 3 atom stereocenters. The average Bonchev–Trinajstić information content (AvgIpc) is 3.01. The van der Waals surface area contributed by atoms with Crippen LogP contribution in [0.3, 0.4) is 0 Å². The summed E-state index contributed by atoms with van der Waals surface area (Å²) in [6, 6.07) is 0. The van der Waals surface area contributed by atoms with Gasteiger partial charge in [0.05, 0.1) is 6.33 Å². The normalized spacial score (nSPS) is 25.0. The van der Waals surface area contributed by atoms with E-state index in [1.807, 2.05) is 0 Å². The highest BCUT2D eigenvalue weighted by Gasteiger charge is 2.50. The summed E-state index contributed by atoms with van der Waals surface area (Å²) < 4.78 is 39.3. The van der Waals surface area contributed by atoms with Crippen LogP contribution < -0.4 is 0 Å². The Hall–Kier alpha value is -1.87. The van der Waals surface area contributed by atoms with E-state index < -0.39 is 30.3 Å². The van der Waals surface area contributed by atoms with Gasteiger partial charge >= 0.3 is 5.97 Å². The zero-order valence-corrected chi connectivity index (χ0v) is 13.0. The molecule has 0 unspecified atom stereocenters. The van der Waals surface area contributed by atoms with Crippen molar-refractivity contribution in [2.75, 3.05) is 0 Å². The number of fused-ring (bicyclic) bond motifs is 1. The van der Waals surface area contributed by atoms with E-state index in [4.69, 9.17) is 21.1 Å². The first-order valence-corrected chi connectivity index (χ1v) is 7.18. The molecule has 1 aliphatic heterocycles. The third-order valence-electron chi connectivity index (χ3n) is 3.52. The van der Waals surface area contributed by atoms with Gasteiger partial charge in [-0.25, -0.2) is 23.7 Å². The lowest BCUT2D eigenvalue weighted by Gasteiger charge is -2.23. The number of alkyl halides is 2. The van der Waals surface area contributed by atoms with Gasteiger partial charge in [-0.05, 0) is 0 Å². The van der Waals surface area contributed by atoms with E-state index >= 15 is 0 Å². The van der Waals surface area contributed by atoms with Crippen LogP contribution in [0.1, 0.15) is 26.5 Å². The first kappa shape index (κ1) is 16.0. The largest absolute Gasteiger partial charge is 0.459 e. The number of carbonyl (C=O) groups excluding carboxylic acids is 1. The van der Waals surface area contributed by atoms with Crippen molar-refractivity contribution in [3.63, 3.8) is 0 Å². The minimum atomic E-state index is -3.17. The van der Waals surface area contributed by atoms with Crippen molar-refractivity contribution in [2.45, 2.75) is 44.6 Å². The zero-order chi connectivity index (χ0) is 16.8. The Morgan fingerprint density at radius 3 is 2.87 bits per heavy atom. The third kappa shape index (κ3) is 2.98. The second-order valence-corrected chi connectivity index (χ2v) is 5.70. The van der Waals surface area contributed by atoms with Gasteiger partial charge in [-0.15, -0.1) is 0 Å². The molecule has 1 saturated heterocycles. The van der Waals surface area contributed by atoms with Crippen molar-refractivity contribution in [1.82, 2.24) is 19.5 Å². The lowest BCUT2D eigenvalue weighted by Crippen LogP contribution is -2.40. The van der Waals surface area contributed by atoms with E-state index in [0.717, 1.165) is 13.8 Å². The van der Waals surface area contributed by atoms with Gasteiger partial charge in [0.2, 0.25) is 0 Å². The fourth-order valence-corrected chi connectivity index (χ4v) is 2.79. The molecule has 0 bridgehead atoms. The van der Waals surface area contributed by atoms with Gasteiger partial charge in [0, 0.05) is 20.3 Å². The Labute approximate surface area is 134 Å². The lowest BCUT2D eigenvalue weighted by molar-refractivity contribution is -0.173. The van der Waals surface area contributed by atoms with Crippen molar-refractivity contribution in [2.24, 2.45) is 0 Å². The Kier molecular flexibility index (Phi) is 3.93. The molecule has 1 aliphatic rings. The van der Waals surface area contributed by atoms with E-state index in [0.29, 0.717) is 11.2 Å². The molecule has 0 saturated carbocycles. The van der Waals surface area contributed by atoms with Crippen LogP contribution in [0.25, 0.3) is 11.2 Å². The maximum Gasteiger partial charge on any atom is 0.303 e. The molecule has 2 aromatic heterocycles. The smallest absolute Gasteiger partial charge is 0.303 e. The highest BCUT2D eigenvalue weighted by molar-refractivity contribution is 6.33. The first-order chi connectivity index (χ1) is 10.8. The number of esters is 1. The summed E-state index contributed by atoms with van der Waals surface area (Å²) in [7, 11) is 0. The van der Waals surface area contributed by atoms with Crippen molar-refractivity contribution in [1.29, 1.82) is 0 Å². The van der Waals surface area contributed by atoms with Gasteiger partial charge in [-0.3, -0.25) is 9.36 Å². The van der Waals surface area contributed by atoms with Crippen LogP contribution >= 0.6 is 11.6 Å². The van der Waals surface area contributed by atoms with E-state index in [1.165, 1.54) is 17.2 Å². The van der Waals surface area contributed by atoms with Crippen LogP contribution in [0, 0.1) is 0 Å². The van der Waals surface area contributed by atoms with E-state index in [-0.39, 0.29) is 11.6 Å². The minimum absolute atomic E-state index is 0.0563. The number of hydrogen-bond donors (Lipinski definition) is 0. The van der Waals surface area contributed by atoms with Crippen LogP contribution in [-0.4, -0.2) is 43.6 Å². The SMILES string of the molecule is CC(=O)O[C@H]1C[C@H](n2cnc3c(Cl)ncnc32)O[C@@H]1C(C)(F)F. The Morgan fingerprint density at radius 2 is 2.22 bits per heavy atom. The molecule has 0 aromatic carbocycles. The molecule has 0 amide bonds. The van der Waals surface area contributed by atoms with E-state index in [9.17, 15) is 13.6 Å². The molecule has 23 heavy (non-hydrogen) atoms. The highest BCUT2D eigenvalue weighted by Crippen LogP contribution is 2.39. The molecular formula is C13H13ClF2N4O3. The Morgan fingerprint density at radius 1 is 1.48 bits per heavy atom.